The zero-order valence-electron chi connectivity index (χ0n) is 29.1. The predicted octanol–water partition coefficient (Wildman–Crippen LogP) is 5.44. The molecule has 1 aromatic heterocycles. The van der Waals surface area contributed by atoms with E-state index in [9.17, 15) is 17.6 Å². The highest BCUT2D eigenvalue weighted by molar-refractivity contribution is 7.96. The van der Waals surface area contributed by atoms with E-state index in [0.717, 1.165) is 75.9 Å². The lowest BCUT2D eigenvalue weighted by molar-refractivity contribution is 0.0411. The maximum atomic E-state index is 14.9. The number of rotatable bonds is 11. The van der Waals surface area contributed by atoms with Crippen LogP contribution in [0.1, 0.15) is 44.6 Å². The molecule has 0 bridgehead atoms. The molecule has 2 atom stereocenters. The second kappa shape index (κ2) is 14.9. The van der Waals surface area contributed by atoms with Gasteiger partial charge in [-0.15, -0.1) is 0 Å². The molecular formula is C37H48FN7O4S. The van der Waals surface area contributed by atoms with Crippen LogP contribution in [0.4, 0.5) is 20.8 Å². The monoisotopic (exact) mass is 705 g/mol. The smallest absolute Gasteiger partial charge is 0.416 e. The summed E-state index contributed by atoms with van der Waals surface area (Å²) in [5.41, 5.74) is 1.46. The van der Waals surface area contributed by atoms with Crippen LogP contribution in [-0.4, -0.2) is 88.1 Å². The van der Waals surface area contributed by atoms with Crippen LogP contribution in [0.3, 0.4) is 0 Å². The molecule has 268 valence electrons. The molecule has 2 fully saturated rings. The Bertz CT molecular complexity index is 1800. The second-order valence-electron chi connectivity index (χ2n) is 13.9. The molecule has 0 saturated carbocycles. The average Bonchev–Trinajstić information content (AvgIpc) is 3.56. The SMILES string of the molecule is CCC[C@@H]1CC(c2cccc(F)c2)(C2CCN(CC3CN(c4ccc(S(=O)(=O)/C(C=N)=C/NC)cc4)C3)CC2)Cn2ccnc2N(C)C(=O)O1. The van der Waals surface area contributed by atoms with Crippen LogP contribution in [0.15, 0.2) is 76.9 Å². The number of nitrogens with one attached hydrogen (secondary N) is 2. The van der Waals surface area contributed by atoms with E-state index in [4.69, 9.17) is 10.1 Å². The summed E-state index contributed by atoms with van der Waals surface area (Å²) in [4.78, 5) is 24.1. The summed E-state index contributed by atoms with van der Waals surface area (Å²) >= 11 is 0. The number of benzene rings is 2. The first-order valence-corrected chi connectivity index (χ1v) is 19.0. The maximum Gasteiger partial charge on any atom is 0.416 e. The quantitative estimate of drug-likeness (QED) is 0.253. The van der Waals surface area contributed by atoms with Gasteiger partial charge in [-0.3, -0.25) is 4.90 Å². The number of ether oxygens (including phenoxy) is 1. The van der Waals surface area contributed by atoms with E-state index >= 15 is 0 Å². The van der Waals surface area contributed by atoms with Gasteiger partial charge in [-0.1, -0.05) is 25.5 Å². The predicted molar refractivity (Wildman–Crippen MR) is 193 cm³/mol. The molecule has 2 aromatic carbocycles. The van der Waals surface area contributed by atoms with Gasteiger partial charge in [0.15, 0.2) is 0 Å². The van der Waals surface area contributed by atoms with Gasteiger partial charge in [-0.25, -0.2) is 22.6 Å². The van der Waals surface area contributed by atoms with Crippen LogP contribution in [0.5, 0.6) is 0 Å². The van der Waals surface area contributed by atoms with Gasteiger partial charge in [0, 0.05) is 82.1 Å². The Morgan fingerprint density at radius 2 is 1.90 bits per heavy atom. The standard InChI is InChI=1S/C37H48FN7O4S/c1-4-6-32-20-37(29-7-5-8-30(38)19-29,26-44-18-15-41-35(44)42(3)36(46)49-32)28-13-16-43(17-14-28)23-27-24-45(25-27)31-9-11-33(12-10-31)50(47,48)34(21-39)22-40-2/h5,7-12,15,18-19,21-22,27-28,32,39-40H,4,6,13-14,16-17,20,23-26H2,1-3H3/b34-22+,39-21?/t32-,37?/m1/s1. The molecule has 2 N–H and O–H groups in total. The maximum absolute atomic E-state index is 14.9. The van der Waals surface area contributed by atoms with Crippen LogP contribution in [-0.2, 0) is 26.5 Å². The topological polar surface area (TPSA) is 124 Å². The molecule has 2 saturated heterocycles. The average molecular weight is 706 g/mol. The number of anilines is 2. The minimum absolute atomic E-state index is 0.0873. The molecule has 0 aliphatic carbocycles. The van der Waals surface area contributed by atoms with E-state index in [-0.39, 0.29) is 27.6 Å². The van der Waals surface area contributed by atoms with Gasteiger partial charge in [0.05, 0.1) is 4.90 Å². The van der Waals surface area contributed by atoms with Crippen molar-refractivity contribution in [3.05, 3.63) is 83.4 Å². The first kappa shape index (κ1) is 35.6. The molecule has 0 radical (unpaired) electrons. The van der Waals surface area contributed by atoms with E-state index in [1.807, 2.05) is 29.0 Å². The van der Waals surface area contributed by atoms with Crippen molar-refractivity contribution >= 4 is 33.8 Å². The molecule has 6 rings (SSSR count). The molecule has 4 heterocycles. The van der Waals surface area contributed by atoms with Gasteiger partial charge in [-0.05, 0) is 86.7 Å². The van der Waals surface area contributed by atoms with Gasteiger partial charge in [0.2, 0.25) is 15.8 Å². The Kier molecular flexibility index (Phi) is 10.6. The highest BCUT2D eigenvalue weighted by Gasteiger charge is 2.46. The van der Waals surface area contributed by atoms with Crippen molar-refractivity contribution in [2.24, 2.45) is 11.8 Å². The highest BCUT2D eigenvalue weighted by Crippen LogP contribution is 2.46. The van der Waals surface area contributed by atoms with Crippen LogP contribution in [0.2, 0.25) is 0 Å². The fraction of sp³-hybridized carbons (Fsp3) is 0.486. The summed E-state index contributed by atoms with van der Waals surface area (Å²) in [6.07, 6.45) is 9.13. The molecular weight excluding hydrogens is 658 g/mol. The highest BCUT2D eigenvalue weighted by atomic mass is 32.2. The van der Waals surface area contributed by atoms with Crippen LogP contribution >= 0.6 is 0 Å². The minimum atomic E-state index is -3.76. The number of amides is 1. The number of aromatic nitrogens is 2. The van der Waals surface area contributed by atoms with Crippen molar-refractivity contribution in [3.63, 3.8) is 0 Å². The molecule has 1 unspecified atom stereocenters. The fourth-order valence-electron chi connectivity index (χ4n) is 8.11. The van der Waals surface area contributed by atoms with Gasteiger partial charge < -0.3 is 29.8 Å². The first-order chi connectivity index (χ1) is 24.1. The fourth-order valence-corrected chi connectivity index (χ4v) is 9.30. The Hall–Kier alpha value is -4.23. The zero-order valence-corrected chi connectivity index (χ0v) is 29.9. The third-order valence-electron chi connectivity index (χ3n) is 10.7. The van der Waals surface area contributed by atoms with E-state index < -0.39 is 21.3 Å². The molecule has 11 nitrogen and oxygen atoms in total. The third kappa shape index (κ3) is 7.16. The van der Waals surface area contributed by atoms with Crippen LogP contribution < -0.4 is 15.1 Å². The summed E-state index contributed by atoms with van der Waals surface area (Å²) in [6, 6.07) is 13.9. The summed E-state index contributed by atoms with van der Waals surface area (Å²) < 4.78 is 48.8. The van der Waals surface area contributed by atoms with Gasteiger partial charge in [0.1, 0.15) is 16.8 Å². The van der Waals surface area contributed by atoms with Crippen molar-refractivity contribution in [1.29, 1.82) is 5.41 Å². The number of allylic oxidation sites excluding steroid dienone is 1. The van der Waals surface area contributed by atoms with Gasteiger partial charge >= 0.3 is 6.09 Å². The number of carbonyl (C=O) groups is 1. The lowest BCUT2D eigenvalue weighted by Gasteiger charge is -2.48. The number of cyclic esters (lactones) is 1. The van der Waals surface area contributed by atoms with E-state index in [1.54, 1.807) is 44.6 Å². The molecule has 3 aliphatic rings. The van der Waals surface area contributed by atoms with Crippen molar-refractivity contribution in [2.45, 2.75) is 62.0 Å². The molecule has 3 aromatic rings. The number of imidazole rings is 1. The summed E-state index contributed by atoms with van der Waals surface area (Å²) in [6.45, 7) is 7.29. The Labute approximate surface area is 294 Å². The number of sulfone groups is 1. The van der Waals surface area contributed by atoms with Crippen molar-refractivity contribution in [1.82, 2.24) is 19.8 Å². The molecule has 1 amide bonds. The number of halogens is 1. The third-order valence-corrected chi connectivity index (χ3v) is 12.4. The molecule has 0 spiro atoms. The molecule has 50 heavy (non-hydrogen) atoms. The van der Waals surface area contributed by atoms with Crippen LogP contribution in [0.25, 0.3) is 0 Å². The van der Waals surface area contributed by atoms with Crippen molar-refractivity contribution in [2.75, 3.05) is 56.6 Å². The number of nitrogens with zero attached hydrogens (tertiary/aromatic N) is 5. The summed E-state index contributed by atoms with van der Waals surface area (Å²) in [5.74, 6) is 0.996. The minimum Gasteiger partial charge on any atom is -0.446 e. The summed E-state index contributed by atoms with van der Waals surface area (Å²) in [7, 11) is -0.462. The van der Waals surface area contributed by atoms with Crippen molar-refractivity contribution < 1.29 is 22.3 Å². The molecule has 3 aliphatic heterocycles. The lowest BCUT2D eigenvalue weighted by atomic mass is 9.63. The summed E-state index contributed by atoms with van der Waals surface area (Å²) in [5, 5.41) is 10.2. The number of piperidine rings is 1. The van der Waals surface area contributed by atoms with Crippen molar-refractivity contribution in [3.8, 4) is 0 Å². The largest absolute Gasteiger partial charge is 0.446 e. The number of hydrogen-bond donors (Lipinski definition) is 2. The number of fused-ring (bicyclic) bond motifs is 1. The first-order valence-electron chi connectivity index (χ1n) is 17.5. The molecule has 13 heteroatoms. The number of hydrogen-bond acceptors (Lipinski definition) is 9. The number of carbonyl (C=O) groups excluding carboxylic acids is 1. The zero-order chi connectivity index (χ0) is 35.5. The second-order valence-corrected chi connectivity index (χ2v) is 15.9. The Morgan fingerprint density at radius 3 is 2.56 bits per heavy atom. The normalized spacial score (nSPS) is 22.9. The Morgan fingerprint density at radius 1 is 1.16 bits per heavy atom. The van der Waals surface area contributed by atoms with E-state index in [0.29, 0.717) is 24.8 Å². The van der Waals surface area contributed by atoms with E-state index in [2.05, 4.69) is 27.0 Å². The van der Waals surface area contributed by atoms with E-state index in [1.165, 1.54) is 17.2 Å². The number of likely N-dealkylation sites (tertiary alicyclic amines) is 1. The van der Waals surface area contributed by atoms with Gasteiger partial charge in [0.25, 0.3) is 0 Å². The van der Waals surface area contributed by atoms with Crippen LogP contribution in [0, 0.1) is 23.1 Å². The van der Waals surface area contributed by atoms with Gasteiger partial charge in [-0.2, -0.15) is 0 Å². The Balaban J connectivity index is 1.14. The lowest BCUT2D eigenvalue weighted by Crippen LogP contribution is -2.53.